The van der Waals surface area contributed by atoms with Crippen LogP contribution in [0.4, 0.5) is 4.39 Å². The van der Waals surface area contributed by atoms with Crippen LogP contribution in [-0.4, -0.2) is 21.0 Å². The fraction of sp³-hybridized carbons (Fsp3) is 0.400. The molecule has 1 aromatic carbocycles. The molecule has 1 heterocycles. The maximum absolute atomic E-state index is 13.7. The van der Waals surface area contributed by atoms with Gasteiger partial charge in [0.2, 0.25) is 0 Å². The number of aromatic nitrogens is 2. The van der Waals surface area contributed by atoms with Gasteiger partial charge in [-0.1, -0.05) is 17.7 Å². The van der Waals surface area contributed by atoms with Gasteiger partial charge in [-0.05, 0) is 32.0 Å². The summed E-state index contributed by atoms with van der Waals surface area (Å²) in [4.78, 5) is 0. The Kier molecular flexibility index (Phi) is 4.78. The van der Waals surface area contributed by atoms with E-state index in [4.69, 9.17) is 11.6 Å². The Hall–Kier alpha value is -1.39. The van der Waals surface area contributed by atoms with Gasteiger partial charge < -0.3 is 5.11 Å². The molecular weight excluding hydrogens is 279 g/mol. The average molecular weight is 297 g/mol. The highest BCUT2D eigenvalue weighted by Crippen LogP contribution is 2.21. The third-order valence-corrected chi connectivity index (χ3v) is 3.59. The molecule has 108 valence electrons. The lowest BCUT2D eigenvalue weighted by Gasteiger charge is -2.13. The van der Waals surface area contributed by atoms with Crippen molar-refractivity contribution < 1.29 is 9.50 Å². The van der Waals surface area contributed by atoms with E-state index in [1.807, 2.05) is 24.6 Å². The molecule has 1 atom stereocenters. The van der Waals surface area contributed by atoms with E-state index in [2.05, 4.69) is 5.10 Å². The molecule has 5 heteroatoms. The minimum atomic E-state index is -0.689. The summed E-state index contributed by atoms with van der Waals surface area (Å²) in [5.74, 6) is -0.378. The fourth-order valence-corrected chi connectivity index (χ4v) is 2.55. The highest BCUT2D eigenvalue weighted by atomic mass is 35.5. The number of hydrogen-bond acceptors (Lipinski definition) is 2. The largest absolute Gasteiger partial charge is 0.392 e. The lowest BCUT2D eigenvalue weighted by Crippen LogP contribution is -2.17. The van der Waals surface area contributed by atoms with Gasteiger partial charge in [0.05, 0.1) is 11.8 Å². The molecule has 0 aliphatic rings. The number of rotatable bonds is 5. The Morgan fingerprint density at radius 2 is 2.15 bits per heavy atom. The molecule has 0 fully saturated rings. The maximum Gasteiger partial charge on any atom is 0.127 e. The smallest absolute Gasteiger partial charge is 0.127 e. The Bertz CT molecular complexity index is 577. The van der Waals surface area contributed by atoms with Gasteiger partial charge in [-0.2, -0.15) is 5.10 Å². The fourth-order valence-electron chi connectivity index (χ4n) is 2.31. The van der Waals surface area contributed by atoms with E-state index >= 15 is 0 Å². The predicted octanol–water partition coefficient (Wildman–Crippen LogP) is 3.15. The van der Waals surface area contributed by atoms with Crippen molar-refractivity contribution >= 4 is 11.6 Å². The van der Waals surface area contributed by atoms with Gasteiger partial charge >= 0.3 is 0 Å². The third-order valence-electron chi connectivity index (χ3n) is 3.23. The van der Waals surface area contributed by atoms with Crippen LogP contribution in [-0.2, 0) is 19.4 Å². The highest BCUT2D eigenvalue weighted by molar-refractivity contribution is 6.31. The van der Waals surface area contributed by atoms with Crippen molar-refractivity contribution in [2.45, 2.75) is 39.3 Å². The van der Waals surface area contributed by atoms with Crippen LogP contribution in [0, 0.1) is 12.7 Å². The molecule has 0 saturated carbocycles. The molecule has 0 radical (unpaired) electrons. The summed E-state index contributed by atoms with van der Waals surface area (Å²) < 4.78 is 15.5. The Balaban J connectivity index is 2.11. The van der Waals surface area contributed by atoms with Crippen LogP contribution < -0.4 is 0 Å². The SMILES string of the molecule is CCn1nc(C)cc1CC(O)Cc1c(F)cccc1Cl. The Labute approximate surface area is 123 Å². The van der Waals surface area contributed by atoms with Gasteiger partial charge in [-0.25, -0.2) is 4.39 Å². The average Bonchev–Trinajstić information content (AvgIpc) is 2.74. The molecule has 2 aromatic rings. The topological polar surface area (TPSA) is 38.0 Å². The molecule has 2 rings (SSSR count). The van der Waals surface area contributed by atoms with Gasteiger partial charge in [0, 0.05) is 35.7 Å². The van der Waals surface area contributed by atoms with E-state index in [1.54, 1.807) is 12.1 Å². The third kappa shape index (κ3) is 3.38. The molecule has 1 unspecified atom stereocenters. The standard InChI is InChI=1S/C15H18ClFN2O/c1-3-19-11(7-10(2)18-19)8-12(20)9-13-14(16)5-4-6-15(13)17/h4-7,12,20H,3,8-9H2,1-2H3. The minimum absolute atomic E-state index is 0.194. The second-order valence-electron chi connectivity index (χ2n) is 4.86. The zero-order valence-electron chi connectivity index (χ0n) is 11.6. The lowest BCUT2D eigenvalue weighted by atomic mass is 10.0. The molecule has 0 bridgehead atoms. The first-order chi connectivity index (χ1) is 9.51. The number of aryl methyl sites for hydroxylation is 2. The van der Waals surface area contributed by atoms with E-state index in [9.17, 15) is 9.50 Å². The summed E-state index contributed by atoms with van der Waals surface area (Å²) in [7, 11) is 0. The molecule has 3 nitrogen and oxygen atoms in total. The molecular formula is C15H18ClFN2O. The summed E-state index contributed by atoms with van der Waals surface area (Å²) in [6.45, 7) is 4.65. The summed E-state index contributed by atoms with van der Waals surface area (Å²) in [5, 5.41) is 14.8. The molecule has 0 aliphatic heterocycles. The van der Waals surface area contributed by atoms with Crippen LogP contribution in [0.5, 0.6) is 0 Å². The highest BCUT2D eigenvalue weighted by Gasteiger charge is 2.15. The van der Waals surface area contributed by atoms with E-state index < -0.39 is 6.10 Å². The number of hydrogen-bond donors (Lipinski definition) is 1. The van der Waals surface area contributed by atoms with Crippen LogP contribution in [0.1, 0.15) is 23.9 Å². The molecule has 0 aliphatic carbocycles. The monoisotopic (exact) mass is 296 g/mol. The van der Waals surface area contributed by atoms with E-state index in [-0.39, 0.29) is 12.2 Å². The number of aliphatic hydroxyl groups is 1. The molecule has 1 aromatic heterocycles. The Morgan fingerprint density at radius 1 is 1.40 bits per heavy atom. The van der Waals surface area contributed by atoms with Gasteiger partial charge in [0.25, 0.3) is 0 Å². The summed E-state index contributed by atoms with van der Waals surface area (Å²) in [6, 6.07) is 6.49. The zero-order chi connectivity index (χ0) is 14.7. The van der Waals surface area contributed by atoms with Gasteiger partial charge in [0.1, 0.15) is 5.82 Å². The van der Waals surface area contributed by atoms with E-state index in [0.29, 0.717) is 17.0 Å². The summed E-state index contributed by atoms with van der Waals surface area (Å²) in [6.07, 6.45) is -0.0653. The van der Waals surface area contributed by atoms with E-state index in [0.717, 1.165) is 17.9 Å². The Morgan fingerprint density at radius 3 is 2.80 bits per heavy atom. The first-order valence-electron chi connectivity index (χ1n) is 6.65. The molecule has 0 amide bonds. The molecule has 1 N–H and O–H groups in total. The molecule has 0 spiro atoms. The summed E-state index contributed by atoms with van der Waals surface area (Å²) >= 11 is 5.97. The first kappa shape index (κ1) is 15.0. The van der Waals surface area contributed by atoms with Crippen molar-refractivity contribution in [3.63, 3.8) is 0 Å². The predicted molar refractivity (Wildman–Crippen MR) is 77.5 cm³/mol. The second-order valence-corrected chi connectivity index (χ2v) is 5.26. The van der Waals surface area contributed by atoms with Crippen LogP contribution in [0.3, 0.4) is 0 Å². The number of nitrogens with zero attached hydrogens (tertiary/aromatic N) is 2. The first-order valence-corrected chi connectivity index (χ1v) is 7.03. The number of aliphatic hydroxyl groups excluding tert-OH is 1. The number of halogens is 2. The molecule has 0 saturated heterocycles. The summed E-state index contributed by atoms with van der Waals surface area (Å²) in [5.41, 5.74) is 2.23. The van der Waals surface area contributed by atoms with Crippen LogP contribution in [0.25, 0.3) is 0 Å². The van der Waals surface area contributed by atoms with E-state index in [1.165, 1.54) is 6.07 Å². The van der Waals surface area contributed by atoms with Crippen molar-refractivity contribution in [3.8, 4) is 0 Å². The van der Waals surface area contributed by atoms with Gasteiger partial charge in [-0.15, -0.1) is 0 Å². The van der Waals surface area contributed by atoms with Gasteiger partial charge in [0.15, 0.2) is 0 Å². The van der Waals surface area contributed by atoms with Crippen molar-refractivity contribution in [2.75, 3.05) is 0 Å². The normalized spacial score (nSPS) is 12.7. The molecule has 20 heavy (non-hydrogen) atoms. The van der Waals surface area contributed by atoms with Crippen molar-refractivity contribution in [1.82, 2.24) is 9.78 Å². The second kappa shape index (κ2) is 6.37. The number of benzene rings is 1. The quantitative estimate of drug-likeness (QED) is 0.920. The van der Waals surface area contributed by atoms with Crippen LogP contribution in [0.15, 0.2) is 24.3 Å². The van der Waals surface area contributed by atoms with Crippen molar-refractivity contribution in [1.29, 1.82) is 0 Å². The van der Waals surface area contributed by atoms with Crippen LogP contribution in [0.2, 0.25) is 5.02 Å². The van der Waals surface area contributed by atoms with Crippen molar-refractivity contribution in [3.05, 3.63) is 52.1 Å². The lowest BCUT2D eigenvalue weighted by molar-refractivity contribution is 0.171. The van der Waals surface area contributed by atoms with Gasteiger partial charge in [-0.3, -0.25) is 4.68 Å². The van der Waals surface area contributed by atoms with Crippen LogP contribution >= 0.6 is 11.6 Å². The maximum atomic E-state index is 13.7. The minimum Gasteiger partial charge on any atom is -0.392 e. The van der Waals surface area contributed by atoms with Crippen molar-refractivity contribution in [2.24, 2.45) is 0 Å². The zero-order valence-corrected chi connectivity index (χ0v) is 12.4.